The second-order valence-electron chi connectivity index (χ2n) is 4.25. The van der Waals surface area contributed by atoms with Gasteiger partial charge in [-0.2, -0.15) is 0 Å². The lowest BCUT2D eigenvalue weighted by Gasteiger charge is -2.11. The van der Waals surface area contributed by atoms with Crippen LogP contribution in [0.15, 0.2) is 40.9 Å². The molecule has 22 heavy (non-hydrogen) atoms. The van der Waals surface area contributed by atoms with Gasteiger partial charge in [0.1, 0.15) is 6.61 Å². The number of halogens is 3. The number of carbonyl (C=O) groups is 1. The summed E-state index contributed by atoms with van der Waals surface area (Å²) < 4.78 is 6.08. The standard InChI is InChI=1S/C14H8BrCl2NO4/c15-11-5-9(14(17)19)6-12(16)13(11)22-7-8-1-3-10(4-2-8)18(20)21/h1-6H,7H2. The van der Waals surface area contributed by atoms with Crippen molar-refractivity contribution in [1.29, 1.82) is 0 Å². The molecule has 0 aliphatic carbocycles. The molecular weight excluding hydrogens is 397 g/mol. The van der Waals surface area contributed by atoms with Gasteiger partial charge in [-0.3, -0.25) is 14.9 Å². The van der Waals surface area contributed by atoms with Gasteiger partial charge >= 0.3 is 0 Å². The Kier molecular flexibility index (Phi) is 5.39. The molecule has 0 unspecified atom stereocenters. The Hall–Kier alpha value is -1.63. The molecule has 2 rings (SSSR count). The Morgan fingerprint density at radius 3 is 2.41 bits per heavy atom. The number of hydrogen-bond acceptors (Lipinski definition) is 4. The summed E-state index contributed by atoms with van der Waals surface area (Å²) in [7, 11) is 0. The van der Waals surface area contributed by atoms with Crippen molar-refractivity contribution in [2.45, 2.75) is 6.61 Å². The van der Waals surface area contributed by atoms with Crippen LogP contribution in [0, 0.1) is 10.1 Å². The largest absolute Gasteiger partial charge is 0.486 e. The third-order valence-electron chi connectivity index (χ3n) is 2.76. The maximum atomic E-state index is 11.1. The second kappa shape index (κ2) is 7.09. The van der Waals surface area contributed by atoms with E-state index >= 15 is 0 Å². The average Bonchev–Trinajstić information content (AvgIpc) is 2.46. The first-order valence-corrected chi connectivity index (χ1v) is 7.48. The number of hydrogen-bond donors (Lipinski definition) is 0. The zero-order valence-electron chi connectivity index (χ0n) is 10.9. The maximum Gasteiger partial charge on any atom is 0.269 e. The Bertz CT molecular complexity index is 711. The fourth-order valence-electron chi connectivity index (χ4n) is 1.68. The quantitative estimate of drug-likeness (QED) is 0.400. The molecule has 2 aromatic rings. The van der Waals surface area contributed by atoms with E-state index in [2.05, 4.69) is 15.9 Å². The SMILES string of the molecule is O=C(Cl)c1cc(Cl)c(OCc2ccc([N+](=O)[O-])cc2)c(Br)c1. The fraction of sp³-hybridized carbons (Fsp3) is 0.0714. The van der Waals surface area contributed by atoms with Gasteiger partial charge in [-0.1, -0.05) is 11.6 Å². The molecular formula is C14H8BrCl2NO4. The molecule has 0 fully saturated rings. The monoisotopic (exact) mass is 403 g/mol. The summed E-state index contributed by atoms with van der Waals surface area (Å²) in [6, 6.07) is 8.89. The number of benzene rings is 2. The molecule has 0 aliphatic heterocycles. The summed E-state index contributed by atoms with van der Waals surface area (Å²) in [6.07, 6.45) is 0. The number of rotatable bonds is 5. The van der Waals surface area contributed by atoms with Gasteiger partial charge in [0.25, 0.3) is 10.9 Å². The van der Waals surface area contributed by atoms with Crippen molar-refractivity contribution in [2.75, 3.05) is 0 Å². The van der Waals surface area contributed by atoms with E-state index in [0.717, 1.165) is 5.56 Å². The fourth-order valence-corrected chi connectivity index (χ4v) is 2.75. The number of carbonyl (C=O) groups excluding carboxylic acids is 1. The van der Waals surface area contributed by atoms with Crippen molar-refractivity contribution in [2.24, 2.45) is 0 Å². The second-order valence-corrected chi connectivity index (χ2v) is 5.86. The van der Waals surface area contributed by atoms with Crippen molar-refractivity contribution in [1.82, 2.24) is 0 Å². The molecule has 0 bridgehead atoms. The van der Waals surface area contributed by atoms with Crippen LogP contribution in [0.25, 0.3) is 0 Å². The van der Waals surface area contributed by atoms with E-state index in [0.29, 0.717) is 10.2 Å². The van der Waals surface area contributed by atoms with Crippen LogP contribution >= 0.6 is 39.1 Å². The molecule has 5 nitrogen and oxygen atoms in total. The summed E-state index contributed by atoms with van der Waals surface area (Å²) in [6.45, 7) is 0.171. The van der Waals surface area contributed by atoms with Gasteiger partial charge in [0.05, 0.1) is 14.4 Å². The summed E-state index contributed by atoms with van der Waals surface area (Å²) in [5.74, 6) is 0.363. The van der Waals surface area contributed by atoms with Crippen molar-refractivity contribution < 1.29 is 14.5 Å². The van der Waals surface area contributed by atoms with Gasteiger partial charge in [0.15, 0.2) is 5.75 Å². The highest BCUT2D eigenvalue weighted by Crippen LogP contribution is 2.35. The molecule has 0 saturated carbocycles. The lowest BCUT2D eigenvalue weighted by atomic mass is 10.2. The normalized spacial score (nSPS) is 10.3. The minimum Gasteiger partial charge on any atom is -0.486 e. The summed E-state index contributed by atoms with van der Waals surface area (Å²) in [5.41, 5.74) is 1.00. The summed E-state index contributed by atoms with van der Waals surface area (Å²) in [4.78, 5) is 21.2. The first-order valence-electron chi connectivity index (χ1n) is 5.93. The van der Waals surface area contributed by atoms with Crippen LogP contribution in [0.5, 0.6) is 5.75 Å². The zero-order chi connectivity index (χ0) is 16.3. The highest BCUT2D eigenvalue weighted by Gasteiger charge is 2.13. The van der Waals surface area contributed by atoms with Gasteiger partial charge in [-0.25, -0.2) is 0 Å². The predicted molar refractivity (Wildman–Crippen MR) is 86.8 cm³/mol. The minimum atomic E-state index is -0.621. The molecule has 0 heterocycles. The van der Waals surface area contributed by atoms with Gasteiger partial charge in [-0.15, -0.1) is 0 Å². The van der Waals surface area contributed by atoms with Crippen LogP contribution in [-0.4, -0.2) is 10.2 Å². The van der Waals surface area contributed by atoms with E-state index < -0.39 is 10.2 Å². The molecule has 0 spiro atoms. The molecule has 0 N–H and O–H groups in total. The predicted octanol–water partition coefficient (Wildman–Crippen LogP) is 4.97. The van der Waals surface area contributed by atoms with Gasteiger partial charge in [0.2, 0.25) is 0 Å². The van der Waals surface area contributed by atoms with Crippen LogP contribution in [0.4, 0.5) is 5.69 Å². The van der Waals surface area contributed by atoms with E-state index in [1.807, 2.05) is 0 Å². The van der Waals surface area contributed by atoms with Crippen LogP contribution in [0.3, 0.4) is 0 Å². The summed E-state index contributed by atoms with van der Waals surface area (Å²) in [5, 5.41) is 10.2. The van der Waals surface area contributed by atoms with Gasteiger partial charge in [0, 0.05) is 17.7 Å². The van der Waals surface area contributed by atoms with Crippen LogP contribution in [0.2, 0.25) is 5.02 Å². The van der Waals surface area contributed by atoms with Gasteiger partial charge in [-0.05, 0) is 57.4 Å². The Balaban J connectivity index is 2.14. The number of nitro benzene ring substituents is 1. The molecule has 0 amide bonds. The molecule has 8 heteroatoms. The lowest BCUT2D eigenvalue weighted by molar-refractivity contribution is -0.384. The molecule has 0 saturated heterocycles. The number of nitro groups is 1. The van der Waals surface area contributed by atoms with Crippen LogP contribution in [-0.2, 0) is 6.61 Å². The topological polar surface area (TPSA) is 69.4 Å². The first-order chi connectivity index (χ1) is 10.4. The van der Waals surface area contributed by atoms with Crippen molar-refractivity contribution >= 4 is 50.1 Å². The Morgan fingerprint density at radius 2 is 1.91 bits per heavy atom. The van der Waals surface area contributed by atoms with E-state index in [4.69, 9.17) is 27.9 Å². The number of non-ortho nitro benzene ring substituents is 1. The minimum absolute atomic E-state index is 0.00735. The molecule has 2 aromatic carbocycles. The zero-order valence-corrected chi connectivity index (χ0v) is 14.0. The highest BCUT2D eigenvalue weighted by molar-refractivity contribution is 9.10. The molecule has 0 radical (unpaired) electrons. The molecule has 0 atom stereocenters. The Morgan fingerprint density at radius 1 is 1.27 bits per heavy atom. The van der Waals surface area contributed by atoms with Crippen molar-refractivity contribution in [3.05, 3.63) is 67.1 Å². The number of ether oxygens (including phenoxy) is 1. The third-order valence-corrected chi connectivity index (χ3v) is 3.84. The highest BCUT2D eigenvalue weighted by atomic mass is 79.9. The average molecular weight is 405 g/mol. The lowest BCUT2D eigenvalue weighted by Crippen LogP contribution is -1.99. The van der Waals surface area contributed by atoms with Crippen LogP contribution < -0.4 is 4.74 Å². The molecule has 0 aliphatic rings. The van der Waals surface area contributed by atoms with Crippen molar-refractivity contribution in [3.8, 4) is 5.75 Å². The van der Waals surface area contributed by atoms with E-state index in [1.165, 1.54) is 24.3 Å². The number of nitrogens with zero attached hydrogens (tertiary/aromatic N) is 1. The van der Waals surface area contributed by atoms with Crippen LogP contribution in [0.1, 0.15) is 15.9 Å². The first kappa shape index (κ1) is 16.7. The van der Waals surface area contributed by atoms with Gasteiger partial charge < -0.3 is 4.74 Å². The third kappa shape index (κ3) is 3.97. The Labute approximate surface area is 144 Å². The maximum absolute atomic E-state index is 11.1. The molecule has 114 valence electrons. The summed E-state index contributed by atoms with van der Waals surface area (Å²) >= 11 is 14.7. The van der Waals surface area contributed by atoms with Crippen molar-refractivity contribution in [3.63, 3.8) is 0 Å². The van der Waals surface area contributed by atoms with E-state index in [1.54, 1.807) is 12.1 Å². The smallest absolute Gasteiger partial charge is 0.269 e. The molecule has 0 aromatic heterocycles. The van der Waals surface area contributed by atoms with E-state index in [-0.39, 0.29) is 22.9 Å². The van der Waals surface area contributed by atoms with E-state index in [9.17, 15) is 14.9 Å².